The smallest absolute Gasteiger partial charge is 0.372 e. The first-order valence-corrected chi connectivity index (χ1v) is 14.2. The fourth-order valence-corrected chi connectivity index (χ4v) is 3.49. The van der Waals surface area contributed by atoms with Gasteiger partial charge >= 0.3 is 16.8 Å². The van der Waals surface area contributed by atoms with Gasteiger partial charge in [-0.25, -0.2) is 37.3 Å². The maximum absolute atomic E-state index is 8.49. The van der Waals surface area contributed by atoms with Gasteiger partial charge in [-0.1, -0.05) is 18.2 Å². The number of hydrogen-bond donors (Lipinski definition) is 0. The number of hydrogen-bond acceptors (Lipinski definition) is 16. The summed E-state index contributed by atoms with van der Waals surface area (Å²) in [6.07, 6.45) is 3.40. The first kappa shape index (κ1) is 39.0. The molecule has 1 saturated heterocycles. The van der Waals surface area contributed by atoms with E-state index in [0.29, 0.717) is 26.4 Å². The summed E-state index contributed by atoms with van der Waals surface area (Å²) in [7, 11) is -8.30. The standard InChI is InChI=1S/C24H27N3O5.2ClHO4.Co/c1-28-24-23(31-16-20-10-4-7-13-27-20)22(30-15-19-9-3-6-12-26-19)21(32-24)17-29-14-18-8-2-5-11-25-18;2*2-1(3,4)5;/h2-13,21-24H,14-17H2,1H3;2*(H,2,3,4,5);/q;;;+2/p-2/t21-,22+,23+,24+;;;/m1.../s1. The topological polar surface area (TPSA) is 269 Å². The molecule has 16 nitrogen and oxygen atoms in total. The van der Waals surface area contributed by atoms with Crippen LogP contribution in [0.2, 0.25) is 0 Å². The van der Waals surface area contributed by atoms with Gasteiger partial charge in [-0.3, -0.25) is 15.0 Å². The number of rotatable bonds is 11. The Kier molecular flexibility index (Phi) is 18.3. The van der Waals surface area contributed by atoms with Crippen LogP contribution >= 0.6 is 0 Å². The number of ether oxygens (including phenoxy) is 5. The van der Waals surface area contributed by atoms with Crippen LogP contribution in [0.1, 0.15) is 17.1 Å². The Bertz CT molecular complexity index is 1100. The summed E-state index contributed by atoms with van der Waals surface area (Å²) in [4.78, 5) is 12.9. The van der Waals surface area contributed by atoms with E-state index in [9.17, 15) is 0 Å². The quantitative estimate of drug-likeness (QED) is 0.180. The number of methoxy groups -OCH3 is 1. The van der Waals surface area contributed by atoms with Gasteiger partial charge in [0.25, 0.3) is 0 Å². The van der Waals surface area contributed by atoms with Crippen LogP contribution in [-0.4, -0.2) is 53.3 Å². The molecule has 3 aromatic rings. The van der Waals surface area contributed by atoms with Crippen molar-refractivity contribution in [2.45, 2.75) is 44.4 Å². The molecule has 0 aromatic carbocycles. The molecule has 3 aromatic heterocycles. The van der Waals surface area contributed by atoms with E-state index < -0.39 is 39.0 Å². The third-order valence-corrected chi connectivity index (χ3v) is 5.06. The third kappa shape index (κ3) is 18.4. The average Bonchev–Trinajstić information content (AvgIpc) is 3.27. The summed E-state index contributed by atoms with van der Waals surface area (Å²) in [5.74, 6) is 0. The predicted octanol–water partition coefficient (Wildman–Crippen LogP) is -6.58. The number of aromatic nitrogens is 3. The summed E-state index contributed by atoms with van der Waals surface area (Å²) in [6, 6.07) is 17.1. The van der Waals surface area contributed by atoms with E-state index in [1.807, 2.05) is 54.6 Å². The third-order valence-electron chi connectivity index (χ3n) is 5.06. The summed E-state index contributed by atoms with van der Waals surface area (Å²) in [5, 5.41) is 0. The average molecular weight is 695 g/mol. The molecule has 1 aliphatic heterocycles. The molecule has 0 saturated carbocycles. The number of halogens is 2. The number of nitrogens with zero attached hydrogens (tertiary/aromatic N) is 3. The molecule has 4 rings (SSSR count). The van der Waals surface area contributed by atoms with Crippen molar-refractivity contribution in [3.63, 3.8) is 0 Å². The molecular formula is C24H27Cl2CoN3O13. The zero-order valence-electron chi connectivity index (χ0n) is 22.3. The molecule has 1 fully saturated rings. The Morgan fingerprint density at radius 1 is 0.651 bits per heavy atom. The molecule has 0 amide bonds. The van der Waals surface area contributed by atoms with Gasteiger partial charge in [0, 0.05) is 25.7 Å². The molecule has 4 heterocycles. The van der Waals surface area contributed by atoms with E-state index in [1.54, 1.807) is 25.7 Å². The Labute approximate surface area is 261 Å². The van der Waals surface area contributed by atoms with Gasteiger partial charge < -0.3 is 23.7 Å². The van der Waals surface area contributed by atoms with Crippen LogP contribution in [0.5, 0.6) is 0 Å². The minimum Gasteiger partial charge on any atom is -0.372 e. The first-order valence-electron chi connectivity index (χ1n) is 11.8. The molecule has 239 valence electrons. The molecule has 0 spiro atoms. The van der Waals surface area contributed by atoms with Crippen molar-refractivity contribution in [1.29, 1.82) is 0 Å². The van der Waals surface area contributed by atoms with Gasteiger partial charge in [0.2, 0.25) is 0 Å². The summed E-state index contributed by atoms with van der Waals surface area (Å²) >= 11 is 0. The predicted molar refractivity (Wildman–Crippen MR) is 115 cm³/mol. The monoisotopic (exact) mass is 694 g/mol. The molecule has 0 unspecified atom stereocenters. The van der Waals surface area contributed by atoms with Crippen LogP contribution in [-0.2, 0) is 60.3 Å². The van der Waals surface area contributed by atoms with Crippen LogP contribution in [0.25, 0.3) is 0 Å². The van der Waals surface area contributed by atoms with Crippen LogP contribution in [0.15, 0.2) is 73.2 Å². The number of pyridine rings is 3. The minimum atomic E-state index is -4.94. The fraction of sp³-hybridized carbons (Fsp3) is 0.375. The van der Waals surface area contributed by atoms with Gasteiger partial charge in [0.05, 0.1) is 43.5 Å². The van der Waals surface area contributed by atoms with Crippen LogP contribution in [0.4, 0.5) is 0 Å². The second-order valence-corrected chi connectivity index (χ2v) is 9.58. The summed E-state index contributed by atoms with van der Waals surface area (Å²) in [6.45, 7) is 1.34. The van der Waals surface area contributed by atoms with E-state index in [1.165, 1.54) is 0 Å². The normalized spacial score (nSPS) is 19.7. The zero-order chi connectivity index (χ0) is 31.0. The SMILES string of the molecule is CO[C@H]1O[C@H](COCc2ccccn2)[C@H](OCc2ccccn2)[C@@H]1OCc1ccccn1.[Co+2].[O-][Cl+3]([O-])([O-])[O-].[O-][Cl+3]([O-])([O-])[O-]. The van der Waals surface area contributed by atoms with E-state index in [2.05, 4.69) is 15.0 Å². The molecule has 1 radical (unpaired) electrons. The van der Waals surface area contributed by atoms with Crippen molar-refractivity contribution in [3.8, 4) is 0 Å². The maximum atomic E-state index is 8.49. The molecule has 0 bridgehead atoms. The van der Waals surface area contributed by atoms with Crippen molar-refractivity contribution >= 4 is 0 Å². The van der Waals surface area contributed by atoms with E-state index in [0.717, 1.165) is 17.1 Å². The maximum Gasteiger partial charge on any atom is 2.00 e. The molecule has 43 heavy (non-hydrogen) atoms. The van der Waals surface area contributed by atoms with Gasteiger partial charge in [-0.05, 0) is 36.4 Å². The van der Waals surface area contributed by atoms with E-state index in [-0.39, 0.29) is 22.9 Å². The largest absolute Gasteiger partial charge is 2.00 e. The van der Waals surface area contributed by atoms with Crippen LogP contribution in [0.3, 0.4) is 0 Å². The van der Waals surface area contributed by atoms with E-state index in [4.69, 9.17) is 61.0 Å². The second-order valence-electron chi connectivity index (χ2n) is 8.06. The van der Waals surface area contributed by atoms with Gasteiger partial charge in [0.1, 0.15) is 18.3 Å². The summed E-state index contributed by atoms with van der Waals surface area (Å²) in [5.41, 5.74) is 2.49. The Morgan fingerprint density at radius 3 is 1.42 bits per heavy atom. The second kappa shape index (κ2) is 20.1. The molecule has 4 atom stereocenters. The zero-order valence-corrected chi connectivity index (χ0v) is 24.9. The van der Waals surface area contributed by atoms with Crippen molar-refractivity contribution in [2.24, 2.45) is 0 Å². The van der Waals surface area contributed by atoms with Crippen molar-refractivity contribution in [2.75, 3.05) is 13.7 Å². The molecule has 1 aliphatic rings. The van der Waals surface area contributed by atoms with Gasteiger partial charge in [-0.15, -0.1) is 20.5 Å². The van der Waals surface area contributed by atoms with Crippen molar-refractivity contribution in [1.82, 2.24) is 15.0 Å². The van der Waals surface area contributed by atoms with Crippen LogP contribution in [0, 0.1) is 20.5 Å². The molecule has 0 aliphatic carbocycles. The van der Waals surface area contributed by atoms with Crippen molar-refractivity contribution in [3.05, 3.63) is 90.3 Å². The Morgan fingerprint density at radius 2 is 1.05 bits per heavy atom. The van der Waals surface area contributed by atoms with Crippen LogP contribution < -0.4 is 37.3 Å². The summed E-state index contributed by atoms with van der Waals surface area (Å²) < 4.78 is 97.9. The Hall–Kier alpha value is -1.98. The first-order chi connectivity index (χ1) is 19.8. The molecular weight excluding hydrogens is 668 g/mol. The molecule has 19 heteroatoms. The Balaban J connectivity index is 0.000000729. The van der Waals surface area contributed by atoms with Gasteiger partial charge in [-0.2, -0.15) is 0 Å². The van der Waals surface area contributed by atoms with E-state index >= 15 is 0 Å². The minimum absolute atomic E-state index is 0. The van der Waals surface area contributed by atoms with Gasteiger partial charge in [0.15, 0.2) is 6.29 Å². The molecule has 0 N–H and O–H groups in total. The van der Waals surface area contributed by atoms with Crippen molar-refractivity contribution < 1.29 is 98.2 Å². The fourth-order valence-electron chi connectivity index (χ4n) is 3.49.